The minimum Gasteiger partial charge on any atom is -0.481 e. The highest BCUT2D eigenvalue weighted by molar-refractivity contribution is 7.90. The van der Waals surface area contributed by atoms with Gasteiger partial charge < -0.3 is 19.8 Å². The maximum absolute atomic E-state index is 13.6. The van der Waals surface area contributed by atoms with Crippen LogP contribution in [0.4, 0.5) is 18.9 Å². The van der Waals surface area contributed by atoms with Gasteiger partial charge in [-0.2, -0.15) is 17.5 Å². The van der Waals surface area contributed by atoms with Crippen LogP contribution in [-0.2, 0) is 25.2 Å². The van der Waals surface area contributed by atoms with Crippen molar-refractivity contribution in [3.63, 3.8) is 0 Å². The van der Waals surface area contributed by atoms with E-state index in [1.807, 2.05) is 9.80 Å². The molecule has 14 heteroatoms. The van der Waals surface area contributed by atoms with Crippen molar-refractivity contribution in [2.75, 3.05) is 50.8 Å². The average Bonchev–Trinajstić information content (AvgIpc) is 2.89. The summed E-state index contributed by atoms with van der Waals surface area (Å²) in [5.41, 5.74) is -2.79. The molecule has 0 aliphatic carbocycles. The van der Waals surface area contributed by atoms with Gasteiger partial charge in [-0.05, 0) is 36.8 Å². The Morgan fingerprint density at radius 3 is 2.38 bits per heavy atom. The molecule has 2 N–H and O–H groups in total. The number of morpholine rings is 1. The van der Waals surface area contributed by atoms with E-state index in [2.05, 4.69) is 12.6 Å². The first-order chi connectivity index (χ1) is 18.7. The Hall–Kier alpha value is -2.36. The number of hydrogen-bond donors (Lipinski definition) is 3. The molecule has 0 radical (unpaired) electrons. The Morgan fingerprint density at radius 1 is 1.07 bits per heavy atom. The van der Waals surface area contributed by atoms with E-state index in [1.165, 1.54) is 34.6 Å². The third kappa shape index (κ3) is 6.42. The minimum atomic E-state index is -4.87. The highest BCUT2D eigenvalue weighted by atomic mass is 32.2. The molecule has 220 valence electrons. The van der Waals surface area contributed by atoms with Gasteiger partial charge in [0, 0.05) is 49.3 Å². The van der Waals surface area contributed by atoms with Gasteiger partial charge in [0.15, 0.2) is 5.60 Å². The van der Waals surface area contributed by atoms with Crippen LogP contribution in [0.2, 0.25) is 0 Å². The summed E-state index contributed by atoms with van der Waals surface area (Å²) in [6.45, 7) is 2.46. The van der Waals surface area contributed by atoms with Crippen LogP contribution >= 0.6 is 12.6 Å². The number of benzene rings is 2. The van der Waals surface area contributed by atoms with Crippen molar-refractivity contribution in [3.05, 3.63) is 54.1 Å². The predicted molar refractivity (Wildman–Crippen MR) is 144 cm³/mol. The second-order valence-corrected chi connectivity index (χ2v) is 12.5. The molecule has 2 aromatic carbocycles. The molecule has 9 nitrogen and oxygen atoms in total. The fourth-order valence-corrected chi connectivity index (χ4v) is 7.14. The maximum Gasteiger partial charge on any atom is 0.421 e. The topological polar surface area (TPSA) is 111 Å². The number of aliphatic carboxylic acids is 1. The Balaban J connectivity index is 1.64. The molecule has 0 spiro atoms. The van der Waals surface area contributed by atoms with Crippen LogP contribution in [0, 0.1) is 0 Å². The van der Waals surface area contributed by atoms with Gasteiger partial charge in [-0.3, -0.25) is 9.69 Å². The zero-order valence-corrected chi connectivity index (χ0v) is 23.5. The van der Waals surface area contributed by atoms with E-state index in [0.29, 0.717) is 37.2 Å². The zero-order valence-electron chi connectivity index (χ0n) is 21.8. The van der Waals surface area contributed by atoms with Crippen molar-refractivity contribution in [3.8, 4) is 0 Å². The number of sulfonamides is 1. The molecule has 0 amide bonds. The Bertz CT molecular complexity index is 1310. The zero-order chi connectivity index (χ0) is 29.3. The number of piperazine rings is 1. The van der Waals surface area contributed by atoms with Crippen LogP contribution in [0.15, 0.2) is 58.3 Å². The Kier molecular flexibility index (Phi) is 9.07. The Labute approximate surface area is 236 Å². The lowest BCUT2D eigenvalue weighted by molar-refractivity contribution is -0.258. The average molecular weight is 604 g/mol. The van der Waals surface area contributed by atoms with Crippen LogP contribution in [0.1, 0.15) is 18.9 Å². The van der Waals surface area contributed by atoms with Crippen LogP contribution in [0.3, 0.4) is 0 Å². The molecule has 2 aliphatic heterocycles. The van der Waals surface area contributed by atoms with Crippen LogP contribution < -0.4 is 4.90 Å². The number of thiol groups is 1. The second-order valence-electron chi connectivity index (χ2n) is 10.1. The summed E-state index contributed by atoms with van der Waals surface area (Å²) in [6.07, 6.45) is -5.02. The summed E-state index contributed by atoms with van der Waals surface area (Å²) < 4.78 is 74.0. The van der Waals surface area contributed by atoms with Gasteiger partial charge in [0.2, 0.25) is 10.0 Å². The van der Waals surface area contributed by atoms with E-state index in [9.17, 15) is 36.6 Å². The van der Waals surface area contributed by atoms with Gasteiger partial charge in [-0.1, -0.05) is 24.3 Å². The van der Waals surface area contributed by atoms with E-state index >= 15 is 0 Å². The summed E-state index contributed by atoms with van der Waals surface area (Å²) >= 11 is 4.32. The molecule has 40 heavy (non-hydrogen) atoms. The molecule has 2 saturated heterocycles. The van der Waals surface area contributed by atoms with Gasteiger partial charge in [0.1, 0.15) is 0 Å². The standard InChI is InChI=1S/C26H32F3N3O6S2/c1-25(35,26(27,28)29)18-6-8-19(9-7-18)32-11-10-31(40(36,37)23-5-3-2-4-22(23)39)16-21(32)15-30-12-13-38-17-20(30)14-24(33)34/h2-9,20-21,35,39H,10-17H2,1H3,(H,33,34)/t20-,21+,25-/m1/s1. The van der Waals surface area contributed by atoms with E-state index < -0.39 is 39.9 Å². The van der Waals surface area contributed by atoms with Gasteiger partial charge in [0.25, 0.3) is 0 Å². The molecule has 4 rings (SSSR count). The lowest BCUT2D eigenvalue weighted by atomic mass is 9.95. The van der Waals surface area contributed by atoms with E-state index in [0.717, 1.165) is 0 Å². The summed E-state index contributed by atoms with van der Waals surface area (Å²) in [5.74, 6) is -0.983. The monoisotopic (exact) mass is 603 g/mol. The maximum atomic E-state index is 13.6. The van der Waals surface area contributed by atoms with Crippen molar-refractivity contribution < 1.29 is 41.3 Å². The lowest BCUT2D eigenvalue weighted by Gasteiger charge is -2.46. The third-order valence-corrected chi connectivity index (χ3v) is 9.91. The molecule has 0 unspecified atom stereocenters. The molecule has 3 atom stereocenters. The van der Waals surface area contributed by atoms with Gasteiger partial charge >= 0.3 is 12.1 Å². The molecule has 2 aliphatic rings. The Morgan fingerprint density at radius 2 is 1.75 bits per heavy atom. The number of alkyl halides is 3. The number of carboxylic acids is 1. The summed E-state index contributed by atoms with van der Waals surface area (Å²) in [7, 11) is -3.91. The smallest absolute Gasteiger partial charge is 0.421 e. The fraction of sp³-hybridized carbons (Fsp3) is 0.500. The first-order valence-corrected chi connectivity index (χ1v) is 14.6. The number of aliphatic hydroxyl groups is 1. The SMILES string of the molecule is C[C@@](O)(c1ccc(N2CCN(S(=O)(=O)c3ccccc3S)C[C@@H]2CN2CCOC[C@H]2CC(=O)O)cc1)C(F)(F)F. The molecule has 0 aromatic heterocycles. The van der Waals surface area contributed by atoms with Gasteiger partial charge in [0.05, 0.1) is 30.6 Å². The van der Waals surface area contributed by atoms with Crippen LogP contribution in [-0.4, -0.2) is 98.0 Å². The quantitative estimate of drug-likeness (QED) is 0.396. The highest BCUT2D eigenvalue weighted by Crippen LogP contribution is 2.39. The first kappa shape index (κ1) is 30.6. The van der Waals surface area contributed by atoms with Crippen molar-refractivity contribution in [2.24, 2.45) is 0 Å². The molecule has 2 heterocycles. The molecular weight excluding hydrogens is 571 g/mol. The fourth-order valence-electron chi connectivity index (χ4n) is 5.09. The summed E-state index contributed by atoms with van der Waals surface area (Å²) in [6, 6.07) is 10.9. The molecule has 0 bridgehead atoms. The number of nitrogens with zero attached hydrogens (tertiary/aromatic N) is 3. The van der Waals surface area contributed by atoms with Crippen LogP contribution in [0.5, 0.6) is 0 Å². The lowest BCUT2D eigenvalue weighted by Crippen LogP contribution is -2.60. The number of ether oxygens (including phenoxy) is 1. The van der Waals surface area contributed by atoms with E-state index in [4.69, 9.17) is 4.74 Å². The van der Waals surface area contributed by atoms with E-state index in [1.54, 1.807) is 18.2 Å². The van der Waals surface area contributed by atoms with E-state index in [-0.39, 0.29) is 43.1 Å². The molecule has 2 aromatic rings. The number of carboxylic acid groups (broad SMARTS) is 1. The summed E-state index contributed by atoms with van der Waals surface area (Å²) in [5, 5.41) is 19.4. The van der Waals surface area contributed by atoms with Crippen molar-refractivity contribution in [1.82, 2.24) is 9.21 Å². The number of halogens is 3. The van der Waals surface area contributed by atoms with Crippen molar-refractivity contribution >= 4 is 34.3 Å². The molecule has 0 saturated carbocycles. The van der Waals surface area contributed by atoms with Crippen molar-refractivity contribution in [1.29, 1.82) is 0 Å². The summed E-state index contributed by atoms with van der Waals surface area (Å²) in [4.78, 5) is 15.7. The number of rotatable bonds is 8. The normalized spacial score (nSPS) is 23.1. The predicted octanol–water partition coefficient (Wildman–Crippen LogP) is 2.80. The van der Waals surface area contributed by atoms with Crippen LogP contribution in [0.25, 0.3) is 0 Å². The van der Waals surface area contributed by atoms with Gasteiger partial charge in [-0.25, -0.2) is 8.42 Å². The number of anilines is 1. The molecular formula is C26H32F3N3O6S2. The molecule has 2 fully saturated rings. The highest BCUT2D eigenvalue weighted by Gasteiger charge is 2.51. The first-order valence-electron chi connectivity index (χ1n) is 12.7. The van der Waals surface area contributed by atoms with Crippen molar-refractivity contribution in [2.45, 2.75) is 47.0 Å². The minimum absolute atomic E-state index is 0.0591. The number of hydrogen-bond acceptors (Lipinski definition) is 8. The van der Waals surface area contributed by atoms with Gasteiger partial charge in [-0.15, -0.1) is 12.6 Å². The third-order valence-electron chi connectivity index (χ3n) is 7.45. The largest absolute Gasteiger partial charge is 0.481 e. The number of carbonyl (C=O) groups is 1. The second kappa shape index (κ2) is 11.9.